The molecule has 0 saturated carbocycles. The standard InChI is InChI=1S/4C6H4F.Sn/c4*7-6-4-2-1-3-5-6;/h4*2-5H;. The van der Waals surface area contributed by atoms with Gasteiger partial charge in [0.25, 0.3) is 0 Å². The third-order valence-corrected chi connectivity index (χ3v) is 18.8. The van der Waals surface area contributed by atoms with Crippen molar-refractivity contribution in [1.29, 1.82) is 0 Å². The summed E-state index contributed by atoms with van der Waals surface area (Å²) in [6.45, 7) is 0. The molecule has 0 aromatic heterocycles. The molecule has 0 nitrogen and oxygen atoms in total. The van der Waals surface area contributed by atoms with E-state index in [0.717, 1.165) is 14.3 Å². The Labute approximate surface area is 170 Å². The first kappa shape index (κ1) is 19.7. The van der Waals surface area contributed by atoms with E-state index in [1.165, 1.54) is 48.5 Å². The summed E-state index contributed by atoms with van der Waals surface area (Å²) in [6.07, 6.45) is 0. The summed E-state index contributed by atoms with van der Waals surface area (Å²) >= 11 is -4.10. The van der Waals surface area contributed by atoms with Crippen molar-refractivity contribution in [1.82, 2.24) is 0 Å². The van der Waals surface area contributed by atoms with Gasteiger partial charge in [0.15, 0.2) is 0 Å². The molecule has 0 amide bonds. The summed E-state index contributed by atoms with van der Waals surface area (Å²) in [5.74, 6) is -1.48. The van der Waals surface area contributed by atoms with Crippen LogP contribution in [0.25, 0.3) is 0 Å². The van der Waals surface area contributed by atoms with Crippen molar-refractivity contribution < 1.29 is 17.6 Å². The van der Waals surface area contributed by atoms with Crippen LogP contribution in [0.2, 0.25) is 0 Å². The van der Waals surface area contributed by atoms with Crippen LogP contribution in [0, 0.1) is 23.3 Å². The summed E-state index contributed by atoms with van der Waals surface area (Å²) < 4.78 is 58.4. The van der Waals surface area contributed by atoms with Crippen molar-refractivity contribution in [2.45, 2.75) is 0 Å². The van der Waals surface area contributed by atoms with Gasteiger partial charge in [-0.3, -0.25) is 0 Å². The predicted octanol–water partition coefficient (Wildman–Crippen LogP) is 3.62. The average Bonchev–Trinajstić information content (AvgIpc) is 2.73. The van der Waals surface area contributed by atoms with Crippen molar-refractivity contribution in [3.63, 3.8) is 0 Å². The van der Waals surface area contributed by atoms with Crippen LogP contribution in [0.5, 0.6) is 0 Å². The van der Waals surface area contributed by atoms with E-state index >= 15 is 0 Å². The topological polar surface area (TPSA) is 0 Å². The van der Waals surface area contributed by atoms with Gasteiger partial charge in [0.2, 0.25) is 0 Å². The second kappa shape index (κ2) is 8.03. The summed E-state index contributed by atoms with van der Waals surface area (Å²) in [5, 5.41) is 0. The Balaban J connectivity index is 2.11. The molecule has 4 rings (SSSR count). The summed E-state index contributed by atoms with van der Waals surface area (Å²) in [7, 11) is 0. The minimum atomic E-state index is -4.10. The molecule has 0 aliphatic rings. The van der Waals surface area contributed by atoms with E-state index < -0.39 is 18.4 Å². The summed E-state index contributed by atoms with van der Waals surface area (Å²) in [4.78, 5) is 0. The molecule has 0 N–H and O–H groups in total. The molecule has 0 aliphatic heterocycles. The van der Waals surface area contributed by atoms with E-state index in [2.05, 4.69) is 0 Å². The number of halogens is 4. The van der Waals surface area contributed by atoms with Gasteiger partial charge >= 0.3 is 171 Å². The zero-order valence-corrected chi connectivity index (χ0v) is 18.1. The van der Waals surface area contributed by atoms with Gasteiger partial charge in [0.05, 0.1) is 0 Å². The molecule has 4 aromatic carbocycles. The van der Waals surface area contributed by atoms with E-state index in [0.29, 0.717) is 0 Å². The fraction of sp³-hybridized carbons (Fsp3) is 0. The average molecular weight is 499 g/mol. The summed E-state index contributed by atoms with van der Waals surface area (Å²) in [5.41, 5.74) is 0. The van der Waals surface area contributed by atoms with Gasteiger partial charge in [-0.2, -0.15) is 0 Å². The molecule has 0 radical (unpaired) electrons. The fourth-order valence-corrected chi connectivity index (χ4v) is 17.1. The molecule has 0 aliphatic carbocycles. The van der Waals surface area contributed by atoms with E-state index in [-0.39, 0.29) is 23.3 Å². The molecule has 0 fully saturated rings. The number of hydrogen-bond acceptors (Lipinski definition) is 0. The molecule has 0 bridgehead atoms. The Morgan fingerprint density at radius 2 is 0.483 bits per heavy atom. The Morgan fingerprint density at radius 3 is 0.655 bits per heavy atom. The number of hydrogen-bond donors (Lipinski definition) is 0. The van der Waals surface area contributed by atoms with Crippen LogP contribution >= 0.6 is 0 Å². The van der Waals surface area contributed by atoms with Crippen LogP contribution in [0.3, 0.4) is 0 Å². The fourth-order valence-electron chi connectivity index (χ4n) is 3.80. The van der Waals surface area contributed by atoms with Crippen molar-refractivity contribution in [3.8, 4) is 0 Å². The predicted molar refractivity (Wildman–Crippen MR) is 110 cm³/mol. The zero-order chi connectivity index (χ0) is 20.4. The van der Waals surface area contributed by atoms with Gasteiger partial charge < -0.3 is 0 Å². The monoisotopic (exact) mass is 500 g/mol. The third kappa shape index (κ3) is 3.69. The van der Waals surface area contributed by atoms with Crippen molar-refractivity contribution in [2.24, 2.45) is 0 Å². The Morgan fingerprint density at radius 1 is 0.310 bits per heavy atom. The van der Waals surface area contributed by atoms with Crippen LogP contribution < -0.4 is 14.3 Å². The Hall–Kier alpha value is -2.60. The van der Waals surface area contributed by atoms with E-state index in [1.54, 1.807) is 48.5 Å². The third-order valence-electron chi connectivity index (χ3n) is 5.11. The van der Waals surface area contributed by atoms with Crippen molar-refractivity contribution >= 4 is 32.7 Å². The molecule has 4 aromatic rings. The van der Waals surface area contributed by atoms with Gasteiger partial charge in [-0.25, -0.2) is 0 Å². The molecule has 0 atom stereocenters. The Bertz CT molecular complexity index is 916. The number of benzene rings is 4. The number of rotatable bonds is 4. The van der Waals surface area contributed by atoms with E-state index in [9.17, 15) is 17.6 Å². The van der Waals surface area contributed by atoms with E-state index in [4.69, 9.17) is 0 Å². The maximum atomic E-state index is 13.7. The molecule has 0 saturated heterocycles. The molecule has 0 heterocycles. The van der Waals surface area contributed by atoms with Gasteiger partial charge in [0.1, 0.15) is 0 Å². The maximum absolute atomic E-state index is 13.7. The first-order valence-electron chi connectivity index (χ1n) is 9.04. The van der Waals surface area contributed by atoms with Crippen LogP contribution in [-0.4, -0.2) is 18.4 Å². The molecule has 0 unspecified atom stereocenters. The second-order valence-electron chi connectivity index (χ2n) is 6.78. The molecule has 144 valence electrons. The zero-order valence-electron chi connectivity index (χ0n) is 15.2. The quantitative estimate of drug-likeness (QED) is 0.298. The SMILES string of the molecule is Fc1cc[c]([Sn]([c]2ccc(F)cc2)([c]2ccc(F)cc2)[c]2ccc(F)cc2)cc1. The van der Waals surface area contributed by atoms with Gasteiger partial charge in [0, 0.05) is 0 Å². The normalized spacial score (nSPS) is 11.4. The van der Waals surface area contributed by atoms with E-state index in [1.807, 2.05) is 0 Å². The molecular weight excluding hydrogens is 483 g/mol. The summed E-state index contributed by atoms with van der Waals surface area (Å²) in [6, 6.07) is 24.9. The van der Waals surface area contributed by atoms with Crippen LogP contribution in [0.4, 0.5) is 17.6 Å². The van der Waals surface area contributed by atoms with Gasteiger partial charge in [-0.15, -0.1) is 0 Å². The van der Waals surface area contributed by atoms with Crippen LogP contribution in [0.1, 0.15) is 0 Å². The first-order valence-corrected chi connectivity index (χ1v) is 14.7. The minimum absolute atomic E-state index is 0.369. The first-order chi connectivity index (χ1) is 14.0. The van der Waals surface area contributed by atoms with Gasteiger partial charge in [-0.05, 0) is 0 Å². The van der Waals surface area contributed by atoms with Crippen LogP contribution in [0.15, 0.2) is 97.1 Å². The molecule has 0 spiro atoms. The van der Waals surface area contributed by atoms with Crippen LogP contribution in [-0.2, 0) is 0 Å². The molecular formula is C24H16F4Sn. The molecule has 5 heteroatoms. The van der Waals surface area contributed by atoms with Gasteiger partial charge in [-0.1, -0.05) is 0 Å². The van der Waals surface area contributed by atoms with Crippen molar-refractivity contribution in [2.75, 3.05) is 0 Å². The van der Waals surface area contributed by atoms with Crippen molar-refractivity contribution in [3.05, 3.63) is 120 Å². The Kier molecular flexibility index (Phi) is 5.45. The second-order valence-corrected chi connectivity index (χ2v) is 17.6. The molecule has 29 heavy (non-hydrogen) atoms.